The predicted molar refractivity (Wildman–Crippen MR) is 94.8 cm³/mol. The van der Waals surface area contributed by atoms with Gasteiger partial charge in [-0.3, -0.25) is 0 Å². The lowest BCUT2D eigenvalue weighted by Gasteiger charge is -2.15. The number of rotatable bonds is 4. The number of aromatic nitrogens is 1. The molecule has 0 unspecified atom stereocenters. The fourth-order valence-electron chi connectivity index (χ4n) is 2.30. The van der Waals surface area contributed by atoms with Crippen molar-refractivity contribution in [1.29, 1.82) is 0 Å². The van der Waals surface area contributed by atoms with Crippen LogP contribution in [0.2, 0.25) is 0 Å². The van der Waals surface area contributed by atoms with Gasteiger partial charge in [0.15, 0.2) is 0 Å². The molecule has 0 radical (unpaired) electrons. The van der Waals surface area contributed by atoms with Crippen molar-refractivity contribution >= 4 is 49.3 Å². The highest BCUT2D eigenvalue weighted by molar-refractivity contribution is 9.10. The van der Waals surface area contributed by atoms with Crippen LogP contribution in [0, 0.1) is 0 Å². The van der Waals surface area contributed by atoms with Crippen LogP contribution < -0.4 is 0 Å². The first kappa shape index (κ1) is 14.5. The van der Waals surface area contributed by atoms with E-state index in [1.165, 1.54) is 12.8 Å². The van der Waals surface area contributed by atoms with Gasteiger partial charge >= 0.3 is 0 Å². The second-order valence-electron chi connectivity index (χ2n) is 5.02. The molecule has 1 aliphatic rings. The minimum atomic E-state index is 0.817. The zero-order valence-corrected chi connectivity index (χ0v) is 14.1. The van der Waals surface area contributed by atoms with E-state index in [2.05, 4.69) is 50.0 Å². The quantitative estimate of drug-likeness (QED) is 0.737. The molecule has 1 aromatic carbocycles. The lowest BCUT2D eigenvalue weighted by molar-refractivity contribution is 0.425. The topological polar surface area (TPSA) is 28.5 Å². The normalized spacial score (nSPS) is 15.2. The highest BCUT2D eigenvalue weighted by Crippen LogP contribution is 2.28. The third-order valence-corrected chi connectivity index (χ3v) is 5.05. The van der Waals surface area contributed by atoms with E-state index < -0.39 is 0 Å². The summed E-state index contributed by atoms with van der Waals surface area (Å²) < 4.78 is 2.21. The third-order valence-electron chi connectivity index (χ3n) is 3.47. The average molecular weight is 362 g/mol. The number of nitrogens with zero attached hydrogens (tertiary/aromatic N) is 3. The Labute approximate surface area is 136 Å². The molecule has 1 aromatic heterocycles. The molecule has 0 atom stereocenters. The first-order chi connectivity index (χ1) is 10.1. The Kier molecular flexibility index (Phi) is 4.22. The second-order valence-corrected chi connectivity index (χ2v) is 6.97. The van der Waals surface area contributed by atoms with Crippen molar-refractivity contribution in [3.8, 4) is 0 Å². The zero-order valence-electron chi connectivity index (χ0n) is 11.7. The number of allylic oxidation sites excluding steroid dienone is 1. The van der Waals surface area contributed by atoms with Crippen LogP contribution in [0.3, 0.4) is 0 Å². The fraction of sp³-hybridized carbons (Fsp3) is 0.250. The van der Waals surface area contributed by atoms with Crippen molar-refractivity contribution in [2.75, 3.05) is 13.1 Å². The van der Waals surface area contributed by atoms with Gasteiger partial charge in [-0.2, -0.15) is 0 Å². The molecule has 0 amide bonds. The summed E-state index contributed by atoms with van der Waals surface area (Å²) in [5.74, 6) is 0.817. The van der Waals surface area contributed by atoms with E-state index in [-0.39, 0.29) is 0 Å². The Bertz CT molecular complexity index is 726. The zero-order chi connectivity index (χ0) is 14.8. The van der Waals surface area contributed by atoms with Crippen LogP contribution in [0.25, 0.3) is 15.8 Å². The van der Waals surface area contributed by atoms with Crippen LogP contribution >= 0.6 is 27.3 Å². The molecule has 0 bridgehead atoms. The van der Waals surface area contributed by atoms with Crippen molar-refractivity contribution < 1.29 is 0 Å². The number of aliphatic imine (C=N–C) groups is 1. The summed E-state index contributed by atoms with van der Waals surface area (Å²) in [6.07, 6.45) is 4.22. The summed E-state index contributed by atoms with van der Waals surface area (Å²) in [7, 11) is 0. The summed E-state index contributed by atoms with van der Waals surface area (Å²) in [5.41, 5.74) is 1.82. The number of hydrogen-bond acceptors (Lipinski definition) is 4. The molecule has 108 valence electrons. The van der Waals surface area contributed by atoms with E-state index in [1.54, 1.807) is 17.6 Å². The van der Waals surface area contributed by atoms with E-state index in [4.69, 9.17) is 0 Å². The number of fused-ring (bicyclic) bond motifs is 1. The van der Waals surface area contributed by atoms with Crippen LogP contribution in [-0.2, 0) is 0 Å². The first-order valence-corrected chi connectivity index (χ1v) is 8.48. The molecule has 0 aliphatic carbocycles. The largest absolute Gasteiger partial charge is 0.357 e. The monoisotopic (exact) mass is 361 g/mol. The molecule has 1 aliphatic heterocycles. The van der Waals surface area contributed by atoms with E-state index in [0.29, 0.717) is 0 Å². The average Bonchev–Trinajstić information content (AvgIpc) is 3.12. The molecular formula is C16H16BrN3S. The van der Waals surface area contributed by atoms with Crippen LogP contribution in [0.1, 0.15) is 17.8 Å². The maximum absolute atomic E-state index is 4.59. The smallest absolute Gasteiger partial charge is 0.125 e. The summed E-state index contributed by atoms with van der Waals surface area (Å²) >= 11 is 5.11. The minimum absolute atomic E-state index is 0.817. The van der Waals surface area contributed by atoms with Gasteiger partial charge in [0.2, 0.25) is 0 Å². The molecule has 0 N–H and O–H groups in total. The molecule has 0 spiro atoms. The van der Waals surface area contributed by atoms with Gasteiger partial charge in [-0.25, -0.2) is 9.98 Å². The van der Waals surface area contributed by atoms with E-state index in [0.717, 1.165) is 44.2 Å². The van der Waals surface area contributed by atoms with Crippen molar-refractivity contribution in [3.63, 3.8) is 0 Å². The van der Waals surface area contributed by atoms with Crippen molar-refractivity contribution in [1.82, 2.24) is 9.88 Å². The van der Waals surface area contributed by atoms with Gasteiger partial charge in [-0.15, -0.1) is 11.3 Å². The molecule has 5 heteroatoms. The van der Waals surface area contributed by atoms with Crippen molar-refractivity contribution in [3.05, 3.63) is 46.7 Å². The highest BCUT2D eigenvalue weighted by atomic mass is 79.9. The molecule has 2 heterocycles. The lowest BCUT2D eigenvalue weighted by atomic mass is 10.3. The summed E-state index contributed by atoms with van der Waals surface area (Å²) in [6, 6.07) is 6.08. The molecule has 3 nitrogen and oxygen atoms in total. The summed E-state index contributed by atoms with van der Waals surface area (Å²) in [5, 5.41) is 0.904. The van der Waals surface area contributed by atoms with E-state index in [9.17, 15) is 0 Å². The Morgan fingerprint density at radius 3 is 2.86 bits per heavy atom. The minimum Gasteiger partial charge on any atom is -0.357 e. The summed E-state index contributed by atoms with van der Waals surface area (Å²) in [6.45, 7) is 10.2. The Morgan fingerprint density at radius 2 is 2.10 bits per heavy atom. The third kappa shape index (κ3) is 3.24. The Balaban J connectivity index is 1.75. The molecule has 1 saturated heterocycles. The van der Waals surface area contributed by atoms with E-state index in [1.807, 2.05) is 12.1 Å². The maximum atomic E-state index is 4.59. The molecular weight excluding hydrogens is 346 g/mol. The van der Waals surface area contributed by atoms with Crippen LogP contribution in [0.5, 0.6) is 0 Å². The second kappa shape index (κ2) is 6.12. The molecule has 1 fully saturated rings. The number of halogens is 1. The van der Waals surface area contributed by atoms with Crippen LogP contribution in [0.15, 0.2) is 46.6 Å². The lowest BCUT2D eigenvalue weighted by Crippen LogP contribution is -2.16. The van der Waals surface area contributed by atoms with Gasteiger partial charge < -0.3 is 4.90 Å². The summed E-state index contributed by atoms with van der Waals surface area (Å²) in [4.78, 5) is 11.2. The predicted octanol–water partition coefficient (Wildman–Crippen LogP) is 4.71. The van der Waals surface area contributed by atoms with Gasteiger partial charge in [-0.1, -0.05) is 29.1 Å². The first-order valence-electron chi connectivity index (χ1n) is 6.87. The number of hydrogen-bond donors (Lipinski definition) is 0. The Morgan fingerprint density at radius 1 is 1.33 bits per heavy atom. The van der Waals surface area contributed by atoms with Crippen molar-refractivity contribution in [2.45, 2.75) is 12.8 Å². The van der Waals surface area contributed by atoms with E-state index >= 15 is 0 Å². The highest BCUT2D eigenvalue weighted by Gasteiger charge is 2.12. The van der Waals surface area contributed by atoms with Crippen molar-refractivity contribution in [2.24, 2.45) is 4.99 Å². The number of likely N-dealkylation sites (tertiary alicyclic amines) is 1. The fourth-order valence-corrected chi connectivity index (χ4v) is 3.75. The van der Waals surface area contributed by atoms with Gasteiger partial charge in [0.1, 0.15) is 10.8 Å². The van der Waals surface area contributed by atoms with Gasteiger partial charge in [0.25, 0.3) is 0 Å². The maximum Gasteiger partial charge on any atom is 0.125 e. The Hall–Kier alpha value is -1.46. The molecule has 3 rings (SSSR count). The van der Waals surface area contributed by atoms with Gasteiger partial charge in [0.05, 0.1) is 10.2 Å². The molecule has 2 aromatic rings. The van der Waals surface area contributed by atoms with Crippen LogP contribution in [-0.4, -0.2) is 29.2 Å². The van der Waals surface area contributed by atoms with Gasteiger partial charge in [-0.05, 0) is 31.0 Å². The molecule has 21 heavy (non-hydrogen) atoms. The standard InChI is InChI=1S/C16H16BrN3S/c1-11(10-18-12(2)20-7-3-4-8-20)16-19-14-6-5-13(17)9-15(14)21-16/h5-6,9-10H,1-4,7-8H2/b18-10-. The number of benzene rings is 1. The number of thiazole rings is 1. The van der Waals surface area contributed by atoms with Crippen LogP contribution in [0.4, 0.5) is 0 Å². The van der Waals surface area contributed by atoms with Gasteiger partial charge in [0, 0.05) is 29.3 Å². The molecule has 0 saturated carbocycles. The SMILES string of the molecule is C=C(/C=N\C(=C)N1CCCC1)c1nc2ccc(Br)cc2s1.